The van der Waals surface area contributed by atoms with Crippen LogP contribution in [-0.2, 0) is 0 Å². The molecule has 0 aliphatic carbocycles. The molecule has 0 fully saturated rings. The van der Waals surface area contributed by atoms with Crippen LogP contribution in [0.2, 0.25) is 0 Å². The third-order valence-electron chi connectivity index (χ3n) is 3.10. The van der Waals surface area contributed by atoms with Crippen molar-refractivity contribution in [1.29, 1.82) is 0 Å². The Labute approximate surface area is 103 Å². The van der Waals surface area contributed by atoms with Crippen LogP contribution in [0.4, 0.5) is 0 Å². The summed E-state index contributed by atoms with van der Waals surface area (Å²) < 4.78 is 11.5. The Morgan fingerprint density at radius 1 is 1.29 bits per heavy atom. The molecule has 17 heavy (non-hydrogen) atoms. The zero-order valence-electron chi connectivity index (χ0n) is 10.8. The van der Waals surface area contributed by atoms with Gasteiger partial charge in [-0.3, -0.25) is 0 Å². The van der Waals surface area contributed by atoms with E-state index in [1.54, 1.807) is 0 Å². The highest BCUT2D eigenvalue weighted by Gasteiger charge is 2.32. The molecule has 1 aliphatic heterocycles. The zero-order chi connectivity index (χ0) is 12.3. The summed E-state index contributed by atoms with van der Waals surface area (Å²) in [5, 5.41) is 3.49. The number of hydrogen-bond donors (Lipinski definition) is 1. The average molecular weight is 235 g/mol. The van der Waals surface area contributed by atoms with E-state index in [9.17, 15) is 0 Å². The summed E-state index contributed by atoms with van der Waals surface area (Å²) >= 11 is 0. The van der Waals surface area contributed by atoms with Gasteiger partial charge in [-0.05, 0) is 38.1 Å². The molecule has 0 spiro atoms. The van der Waals surface area contributed by atoms with Crippen molar-refractivity contribution in [3.8, 4) is 11.5 Å². The van der Waals surface area contributed by atoms with Crippen LogP contribution < -0.4 is 14.8 Å². The summed E-state index contributed by atoms with van der Waals surface area (Å²) in [6.07, 6.45) is 1.25. The van der Waals surface area contributed by atoms with Gasteiger partial charge in [0, 0.05) is 5.56 Å². The molecule has 1 aromatic carbocycles. The van der Waals surface area contributed by atoms with Crippen molar-refractivity contribution in [3.63, 3.8) is 0 Å². The monoisotopic (exact) mass is 235 g/mol. The Bertz CT molecular complexity index is 378. The largest absolute Gasteiger partial charge is 0.494 e. The number of benzene rings is 1. The second kappa shape index (κ2) is 5.41. The Morgan fingerprint density at radius 3 is 2.76 bits per heavy atom. The van der Waals surface area contributed by atoms with Gasteiger partial charge in [-0.1, -0.05) is 13.8 Å². The number of rotatable bonds is 5. The molecule has 0 amide bonds. The van der Waals surface area contributed by atoms with Gasteiger partial charge in [0.15, 0.2) is 0 Å². The van der Waals surface area contributed by atoms with Crippen molar-refractivity contribution >= 4 is 0 Å². The van der Waals surface area contributed by atoms with Crippen molar-refractivity contribution in [2.75, 3.05) is 13.2 Å². The summed E-state index contributed by atoms with van der Waals surface area (Å²) in [6, 6.07) is 6.38. The molecular formula is C14H21NO2. The minimum absolute atomic E-state index is 0.238. The normalized spacial score (nSPS) is 22.1. The minimum atomic E-state index is 0.238. The first-order valence-corrected chi connectivity index (χ1v) is 6.46. The number of hydrogen-bond acceptors (Lipinski definition) is 3. The van der Waals surface area contributed by atoms with E-state index >= 15 is 0 Å². The van der Waals surface area contributed by atoms with E-state index in [0.717, 1.165) is 24.5 Å². The third kappa shape index (κ3) is 2.39. The van der Waals surface area contributed by atoms with Crippen LogP contribution in [0.1, 0.15) is 38.8 Å². The molecular weight excluding hydrogens is 214 g/mol. The van der Waals surface area contributed by atoms with E-state index < -0.39 is 0 Å². The molecule has 0 aromatic heterocycles. The minimum Gasteiger partial charge on any atom is -0.494 e. The maximum Gasteiger partial charge on any atom is 0.125 e. The van der Waals surface area contributed by atoms with E-state index in [4.69, 9.17) is 9.47 Å². The van der Waals surface area contributed by atoms with E-state index in [-0.39, 0.29) is 6.10 Å². The van der Waals surface area contributed by atoms with Crippen LogP contribution in [0.25, 0.3) is 0 Å². The molecule has 0 saturated carbocycles. The molecule has 2 rings (SSSR count). The highest BCUT2D eigenvalue weighted by Crippen LogP contribution is 2.39. The molecule has 0 bridgehead atoms. The van der Waals surface area contributed by atoms with Gasteiger partial charge in [-0.15, -0.1) is 0 Å². The van der Waals surface area contributed by atoms with Crippen LogP contribution in [0.3, 0.4) is 0 Å². The maximum atomic E-state index is 5.94. The van der Waals surface area contributed by atoms with E-state index in [1.807, 2.05) is 19.1 Å². The lowest BCUT2D eigenvalue weighted by atomic mass is 10.0. The summed E-state index contributed by atoms with van der Waals surface area (Å²) in [5.41, 5.74) is 1.23. The van der Waals surface area contributed by atoms with Gasteiger partial charge < -0.3 is 14.8 Å². The second-order valence-corrected chi connectivity index (χ2v) is 4.23. The Balaban J connectivity index is 2.27. The summed E-state index contributed by atoms with van der Waals surface area (Å²) in [7, 11) is 0. The van der Waals surface area contributed by atoms with Crippen LogP contribution in [-0.4, -0.2) is 19.3 Å². The van der Waals surface area contributed by atoms with E-state index in [0.29, 0.717) is 12.6 Å². The van der Waals surface area contributed by atoms with Crippen molar-refractivity contribution < 1.29 is 9.47 Å². The van der Waals surface area contributed by atoms with Gasteiger partial charge in [-0.25, -0.2) is 0 Å². The maximum absolute atomic E-state index is 5.94. The third-order valence-corrected chi connectivity index (χ3v) is 3.10. The molecule has 1 heterocycles. The van der Waals surface area contributed by atoms with Gasteiger partial charge in [0.25, 0.3) is 0 Å². The van der Waals surface area contributed by atoms with Crippen LogP contribution >= 0.6 is 0 Å². The van der Waals surface area contributed by atoms with Crippen LogP contribution in [0.15, 0.2) is 18.2 Å². The fourth-order valence-corrected chi connectivity index (χ4v) is 2.35. The molecule has 1 aliphatic rings. The Kier molecular flexibility index (Phi) is 3.89. The molecule has 0 radical (unpaired) electrons. The first-order chi connectivity index (χ1) is 8.30. The molecule has 2 atom stereocenters. The standard InChI is InChI=1S/C14H21NO2/c1-4-12-14(15-5-2)11-9-10(16-6-3)7-8-13(11)17-12/h7-9,12,14-15H,4-6H2,1-3H3. The van der Waals surface area contributed by atoms with Crippen molar-refractivity contribution in [2.24, 2.45) is 0 Å². The molecule has 2 unspecified atom stereocenters. The predicted molar refractivity (Wildman–Crippen MR) is 68.7 cm³/mol. The van der Waals surface area contributed by atoms with Crippen LogP contribution in [0, 0.1) is 0 Å². The lowest BCUT2D eigenvalue weighted by Gasteiger charge is -2.18. The van der Waals surface area contributed by atoms with E-state index in [2.05, 4.69) is 25.2 Å². The van der Waals surface area contributed by atoms with Gasteiger partial charge in [0.2, 0.25) is 0 Å². The lowest BCUT2D eigenvalue weighted by molar-refractivity contribution is 0.186. The second-order valence-electron chi connectivity index (χ2n) is 4.23. The van der Waals surface area contributed by atoms with E-state index in [1.165, 1.54) is 5.56 Å². The summed E-state index contributed by atoms with van der Waals surface area (Å²) in [6.45, 7) is 7.92. The molecule has 0 saturated heterocycles. The van der Waals surface area contributed by atoms with Crippen molar-refractivity contribution in [3.05, 3.63) is 23.8 Å². The highest BCUT2D eigenvalue weighted by atomic mass is 16.5. The van der Waals surface area contributed by atoms with Gasteiger partial charge >= 0.3 is 0 Å². The summed E-state index contributed by atoms with van der Waals surface area (Å²) in [4.78, 5) is 0. The first-order valence-electron chi connectivity index (χ1n) is 6.46. The fourth-order valence-electron chi connectivity index (χ4n) is 2.35. The SMILES string of the molecule is CCNC1c2cc(OCC)ccc2OC1CC. The first kappa shape index (κ1) is 12.2. The highest BCUT2D eigenvalue weighted by molar-refractivity contribution is 5.45. The average Bonchev–Trinajstić information content (AvgIpc) is 2.68. The van der Waals surface area contributed by atoms with Gasteiger partial charge in [0.1, 0.15) is 17.6 Å². The quantitative estimate of drug-likeness (QED) is 0.851. The predicted octanol–water partition coefficient (Wildman–Crippen LogP) is 2.91. The Hall–Kier alpha value is -1.22. The van der Waals surface area contributed by atoms with Gasteiger partial charge in [-0.2, -0.15) is 0 Å². The fraction of sp³-hybridized carbons (Fsp3) is 0.571. The summed E-state index contributed by atoms with van der Waals surface area (Å²) in [5.74, 6) is 1.92. The van der Waals surface area contributed by atoms with Gasteiger partial charge in [0.05, 0.1) is 12.6 Å². The number of ether oxygens (including phenoxy) is 2. The molecule has 3 heteroatoms. The van der Waals surface area contributed by atoms with Crippen molar-refractivity contribution in [2.45, 2.75) is 39.3 Å². The molecule has 3 nitrogen and oxygen atoms in total. The number of fused-ring (bicyclic) bond motifs is 1. The molecule has 94 valence electrons. The smallest absolute Gasteiger partial charge is 0.125 e. The zero-order valence-corrected chi connectivity index (χ0v) is 10.8. The Morgan fingerprint density at radius 2 is 2.12 bits per heavy atom. The molecule has 1 aromatic rings. The number of likely N-dealkylation sites (N-methyl/N-ethyl adjacent to an activating group) is 1. The molecule has 1 N–H and O–H groups in total. The lowest BCUT2D eigenvalue weighted by Crippen LogP contribution is -2.30. The van der Waals surface area contributed by atoms with Crippen LogP contribution in [0.5, 0.6) is 11.5 Å². The number of nitrogens with one attached hydrogen (secondary N) is 1. The van der Waals surface area contributed by atoms with Crippen molar-refractivity contribution in [1.82, 2.24) is 5.32 Å². The topological polar surface area (TPSA) is 30.5 Å².